The second kappa shape index (κ2) is 6.86. The Morgan fingerprint density at radius 1 is 1.04 bits per heavy atom. The minimum Gasteiger partial charge on any atom is -0.488 e. The Labute approximate surface area is 165 Å². The summed E-state index contributed by atoms with van der Waals surface area (Å²) in [5.41, 5.74) is 4.21. The zero-order valence-corrected chi connectivity index (χ0v) is 15.6. The summed E-state index contributed by atoms with van der Waals surface area (Å²) < 4.78 is 20.2. The number of ether oxygens (including phenoxy) is 1. The fraction of sp³-hybridized carbons (Fsp3) is 0.0870. The van der Waals surface area contributed by atoms with E-state index < -0.39 is 6.10 Å². The van der Waals surface area contributed by atoms with E-state index in [1.807, 2.05) is 54.6 Å². The fourth-order valence-corrected chi connectivity index (χ4v) is 4.28. The molecule has 1 aliphatic rings. The number of fused-ring (bicyclic) bond motifs is 3. The number of aromatic nitrogens is 1. The summed E-state index contributed by atoms with van der Waals surface area (Å²) in [7, 11) is 0. The molecule has 0 saturated heterocycles. The van der Waals surface area contributed by atoms with Crippen molar-refractivity contribution in [3.8, 4) is 5.75 Å². The van der Waals surface area contributed by atoms with Crippen molar-refractivity contribution in [2.75, 3.05) is 0 Å². The summed E-state index contributed by atoms with van der Waals surface area (Å²) in [5.74, 6) is 0.407. The molecule has 138 valence electrons. The first-order valence-corrected chi connectivity index (χ1v) is 9.76. The SMILES string of the molecule is OC1c2ccccc2COc2ccc(/C=C/c3nc4cc(F)ccc4s3)cc21. The van der Waals surface area contributed by atoms with Gasteiger partial charge in [0.15, 0.2) is 0 Å². The van der Waals surface area contributed by atoms with Crippen LogP contribution in [0.1, 0.15) is 33.4 Å². The molecule has 3 aromatic carbocycles. The van der Waals surface area contributed by atoms with E-state index in [4.69, 9.17) is 4.74 Å². The lowest BCUT2D eigenvalue weighted by atomic mass is 9.96. The smallest absolute Gasteiger partial charge is 0.126 e. The molecule has 2 heterocycles. The maximum atomic E-state index is 13.3. The second-order valence-corrected chi connectivity index (χ2v) is 7.75. The number of nitrogens with zero attached hydrogens (tertiary/aromatic N) is 1. The Kier molecular flexibility index (Phi) is 4.19. The summed E-state index contributed by atoms with van der Waals surface area (Å²) in [6.07, 6.45) is 3.12. The van der Waals surface area contributed by atoms with Crippen molar-refractivity contribution in [2.24, 2.45) is 0 Å². The lowest BCUT2D eigenvalue weighted by molar-refractivity contribution is 0.218. The third-order valence-electron chi connectivity index (χ3n) is 4.85. The molecule has 0 radical (unpaired) electrons. The Hall–Kier alpha value is -3.02. The first kappa shape index (κ1) is 17.1. The number of aliphatic hydroxyl groups excluding tert-OH is 1. The molecule has 0 bridgehead atoms. The summed E-state index contributed by atoms with van der Waals surface area (Å²) in [5, 5.41) is 11.7. The van der Waals surface area contributed by atoms with Crippen LogP contribution in [0.5, 0.6) is 5.75 Å². The van der Waals surface area contributed by atoms with Crippen molar-refractivity contribution in [2.45, 2.75) is 12.7 Å². The zero-order valence-electron chi connectivity index (χ0n) is 14.8. The topological polar surface area (TPSA) is 42.4 Å². The second-order valence-electron chi connectivity index (χ2n) is 6.68. The van der Waals surface area contributed by atoms with E-state index in [-0.39, 0.29) is 5.82 Å². The molecule has 0 fully saturated rings. The molecule has 0 amide bonds. The molecule has 1 aromatic heterocycles. The lowest BCUT2D eigenvalue weighted by Gasteiger charge is -2.13. The van der Waals surface area contributed by atoms with Crippen LogP contribution in [0.15, 0.2) is 60.7 Å². The molecule has 0 spiro atoms. The molecule has 1 atom stereocenters. The van der Waals surface area contributed by atoms with E-state index in [0.29, 0.717) is 17.9 Å². The predicted octanol–water partition coefficient (Wildman–Crippen LogP) is 5.58. The van der Waals surface area contributed by atoms with Crippen LogP contribution < -0.4 is 4.74 Å². The molecule has 1 unspecified atom stereocenters. The molecule has 0 aliphatic carbocycles. The normalized spacial score (nSPS) is 15.9. The van der Waals surface area contributed by atoms with Gasteiger partial charge < -0.3 is 9.84 Å². The molecule has 5 rings (SSSR count). The first-order chi connectivity index (χ1) is 13.7. The Morgan fingerprint density at radius 2 is 1.93 bits per heavy atom. The maximum Gasteiger partial charge on any atom is 0.126 e. The highest BCUT2D eigenvalue weighted by Gasteiger charge is 2.22. The van der Waals surface area contributed by atoms with Crippen molar-refractivity contribution in [3.05, 3.63) is 93.7 Å². The highest BCUT2D eigenvalue weighted by Crippen LogP contribution is 2.36. The maximum absolute atomic E-state index is 13.3. The number of halogens is 1. The number of hydrogen-bond acceptors (Lipinski definition) is 4. The fourth-order valence-electron chi connectivity index (χ4n) is 3.43. The lowest BCUT2D eigenvalue weighted by Crippen LogP contribution is -2.01. The summed E-state index contributed by atoms with van der Waals surface area (Å²) in [6.45, 7) is 0.442. The van der Waals surface area contributed by atoms with Crippen LogP contribution in [-0.4, -0.2) is 10.1 Å². The molecule has 3 nitrogen and oxygen atoms in total. The van der Waals surface area contributed by atoms with Gasteiger partial charge in [-0.3, -0.25) is 0 Å². The van der Waals surface area contributed by atoms with Crippen molar-refractivity contribution in [3.63, 3.8) is 0 Å². The van der Waals surface area contributed by atoms with E-state index in [0.717, 1.165) is 32.0 Å². The third kappa shape index (κ3) is 3.09. The minimum absolute atomic E-state index is 0.284. The van der Waals surface area contributed by atoms with Crippen LogP contribution in [0, 0.1) is 5.82 Å². The van der Waals surface area contributed by atoms with Crippen molar-refractivity contribution in [1.82, 2.24) is 4.98 Å². The average molecular weight is 389 g/mol. The van der Waals surface area contributed by atoms with Gasteiger partial charge >= 0.3 is 0 Å². The average Bonchev–Trinajstić information content (AvgIpc) is 3.06. The van der Waals surface area contributed by atoms with Crippen LogP contribution >= 0.6 is 11.3 Å². The van der Waals surface area contributed by atoms with Gasteiger partial charge in [0, 0.05) is 11.6 Å². The van der Waals surface area contributed by atoms with Crippen molar-refractivity contribution < 1.29 is 14.2 Å². The van der Waals surface area contributed by atoms with Gasteiger partial charge in [-0.05, 0) is 47.0 Å². The molecule has 4 aromatic rings. The van der Waals surface area contributed by atoms with E-state index in [1.54, 1.807) is 6.07 Å². The van der Waals surface area contributed by atoms with Gasteiger partial charge in [0.1, 0.15) is 29.3 Å². The number of aliphatic hydroxyl groups is 1. The van der Waals surface area contributed by atoms with Crippen LogP contribution in [0.25, 0.3) is 22.4 Å². The van der Waals surface area contributed by atoms with Crippen LogP contribution in [0.3, 0.4) is 0 Å². The van der Waals surface area contributed by atoms with E-state index >= 15 is 0 Å². The highest BCUT2D eigenvalue weighted by atomic mass is 32.1. The highest BCUT2D eigenvalue weighted by molar-refractivity contribution is 7.19. The number of rotatable bonds is 2. The molecule has 28 heavy (non-hydrogen) atoms. The van der Waals surface area contributed by atoms with Gasteiger partial charge in [-0.1, -0.05) is 36.4 Å². The molecule has 1 aliphatic heterocycles. The molecule has 0 saturated carbocycles. The standard InChI is InChI=1S/C23H16FNO2S/c24-16-7-9-21-19(12-16)25-22(28-21)10-6-14-5-8-20-18(11-14)23(26)17-4-2-1-3-15(17)13-27-20/h1-12,23,26H,13H2/b10-6+. The van der Waals surface area contributed by atoms with Crippen LogP contribution in [0.2, 0.25) is 0 Å². The van der Waals surface area contributed by atoms with Crippen LogP contribution in [0.4, 0.5) is 4.39 Å². The van der Waals surface area contributed by atoms with E-state index in [1.165, 1.54) is 23.5 Å². The van der Waals surface area contributed by atoms with Crippen LogP contribution in [-0.2, 0) is 6.61 Å². The summed E-state index contributed by atoms with van der Waals surface area (Å²) >= 11 is 1.51. The minimum atomic E-state index is -0.729. The Bertz CT molecular complexity index is 1210. The van der Waals surface area contributed by atoms with Crippen molar-refractivity contribution >= 4 is 33.7 Å². The summed E-state index contributed by atoms with van der Waals surface area (Å²) in [6, 6.07) is 18.2. The van der Waals surface area contributed by atoms with Gasteiger partial charge in [0.05, 0.1) is 10.2 Å². The largest absolute Gasteiger partial charge is 0.488 e. The molecule has 1 N–H and O–H groups in total. The Balaban J connectivity index is 1.48. The van der Waals surface area contributed by atoms with Gasteiger partial charge in [0.25, 0.3) is 0 Å². The quantitative estimate of drug-likeness (QED) is 0.487. The number of benzene rings is 3. The summed E-state index contributed by atoms with van der Waals surface area (Å²) in [4.78, 5) is 4.45. The van der Waals surface area contributed by atoms with Gasteiger partial charge in [-0.2, -0.15) is 0 Å². The molecule has 5 heteroatoms. The van der Waals surface area contributed by atoms with E-state index in [2.05, 4.69) is 4.98 Å². The number of thiazole rings is 1. The Morgan fingerprint density at radius 3 is 2.86 bits per heavy atom. The van der Waals surface area contributed by atoms with Gasteiger partial charge in [-0.25, -0.2) is 9.37 Å². The number of hydrogen-bond donors (Lipinski definition) is 1. The van der Waals surface area contributed by atoms with E-state index in [9.17, 15) is 9.50 Å². The van der Waals surface area contributed by atoms with Gasteiger partial charge in [0.2, 0.25) is 0 Å². The van der Waals surface area contributed by atoms with Crippen molar-refractivity contribution in [1.29, 1.82) is 0 Å². The molecular formula is C23H16FNO2S. The zero-order chi connectivity index (χ0) is 19.1. The van der Waals surface area contributed by atoms with Gasteiger partial charge in [-0.15, -0.1) is 11.3 Å². The third-order valence-corrected chi connectivity index (χ3v) is 5.85. The molecular weight excluding hydrogens is 373 g/mol. The predicted molar refractivity (Wildman–Crippen MR) is 110 cm³/mol. The first-order valence-electron chi connectivity index (χ1n) is 8.94. The monoisotopic (exact) mass is 389 g/mol.